The van der Waals surface area contributed by atoms with Crippen LogP contribution in [0.15, 0.2) is 34.8 Å². The van der Waals surface area contributed by atoms with Crippen molar-refractivity contribution in [2.45, 2.75) is 20.4 Å². The molecule has 2 aromatic heterocycles. The smallest absolute Gasteiger partial charge is 0.283 e. The molecule has 0 radical (unpaired) electrons. The van der Waals surface area contributed by atoms with Gasteiger partial charge in [-0.15, -0.1) is 22.7 Å². The van der Waals surface area contributed by atoms with Gasteiger partial charge in [0, 0.05) is 21.5 Å². The molecule has 0 aliphatic heterocycles. The summed E-state index contributed by atoms with van der Waals surface area (Å²) in [6, 6.07) is 4.91. The first-order valence-corrected chi connectivity index (χ1v) is 9.54. The zero-order valence-corrected chi connectivity index (χ0v) is 16.3. The Labute approximate surface area is 158 Å². The number of methoxy groups -OCH3 is 1. The van der Waals surface area contributed by atoms with E-state index in [1.54, 1.807) is 29.5 Å². The van der Waals surface area contributed by atoms with Crippen LogP contribution >= 0.6 is 34.3 Å². The number of hydrogen-bond donors (Lipinski definition) is 0. The van der Waals surface area contributed by atoms with Crippen molar-refractivity contribution in [3.8, 4) is 5.75 Å². The minimum absolute atomic E-state index is 0.345. The quantitative estimate of drug-likeness (QED) is 0.671. The van der Waals surface area contributed by atoms with Crippen LogP contribution in [-0.4, -0.2) is 22.6 Å². The Morgan fingerprint density at radius 3 is 2.88 bits per heavy atom. The lowest BCUT2D eigenvalue weighted by Gasteiger charge is -2.05. The second-order valence-corrected chi connectivity index (χ2v) is 8.08. The van der Waals surface area contributed by atoms with E-state index in [9.17, 15) is 4.79 Å². The molecule has 3 rings (SSSR count). The maximum atomic E-state index is 12.6. The van der Waals surface area contributed by atoms with Gasteiger partial charge in [-0.25, -0.2) is 4.98 Å². The number of rotatable bonds is 4. The van der Waals surface area contributed by atoms with E-state index in [-0.39, 0.29) is 5.91 Å². The van der Waals surface area contributed by atoms with Gasteiger partial charge in [-0.05, 0) is 32.0 Å². The highest BCUT2D eigenvalue weighted by Gasteiger charge is 2.13. The van der Waals surface area contributed by atoms with Crippen LogP contribution in [0.4, 0.5) is 0 Å². The Kier molecular flexibility index (Phi) is 5.36. The molecule has 0 fully saturated rings. The summed E-state index contributed by atoms with van der Waals surface area (Å²) in [5.74, 6) is 0.0671. The maximum Gasteiger partial charge on any atom is 0.283 e. The summed E-state index contributed by atoms with van der Waals surface area (Å²) in [6.07, 6.45) is 1.97. The number of nitrogens with zero attached hydrogens (tertiary/aromatic N) is 3. The molecule has 130 valence electrons. The van der Waals surface area contributed by atoms with Crippen molar-refractivity contribution < 1.29 is 9.53 Å². The largest absolute Gasteiger partial charge is 0.496 e. The fourth-order valence-corrected chi connectivity index (χ4v) is 3.96. The van der Waals surface area contributed by atoms with Gasteiger partial charge in [0.2, 0.25) is 0 Å². The van der Waals surface area contributed by atoms with Gasteiger partial charge < -0.3 is 9.30 Å². The first-order chi connectivity index (χ1) is 12.0. The van der Waals surface area contributed by atoms with Crippen molar-refractivity contribution in [3.63, 3.8) is 0 Å². The molecule has 3 aromatic rings. The first kappa shape index (κ1) is 17.8. The molecule has 1 aromatic carbocycles. The van der Waals surface area contributed by atoms with Crippen molar-refractivity contribution in [2.75, 3.05) is 7.11 Å². The Morgan fingerprint density at radius 2 is 2.20 bits per heavy atom. The number of carbonyl (C=O) groups excluding carboxylic acids is 1. The van der Waals surface area contributed by atoms with E-state index in [0.29, 0.717) is 27.7 Å². The third kappa shape index (κ3) is 4.18. The van der Waals surface area contributed by atoms with Crippen molar-refractivity contribution in [2.24, 2.45) is 4.99 Å². The van der Waals surface area contributed by atoms with Crippen molar-refractivity contribution in [1.29, 1.82) is 0 Å². The molecule has 0 saturated carbocycles. The second-order valence-electron chi connectivity index (χ2n) is 5.37. The molecule has 5 nitrogen and oxygen atoms in total. The van der Waals surface area contributed by atoms with Gasteiger partial charge in [-0.3, -0.25) is 4.79 Å². The highest BCUT2D eigenvalue weighted by Crippen LogP contribution is 2.23. The Bertz CT molecular complexity index is 988. The molecule has 25 heavy (non-hydrogen) atoms. The van der Waals surface area contributed by atoms with Crippen molar-refractivity contribution >= 4 is 40.2 Å². The number of amides is 1. The SMILES string of the molecule is COc1ccc(Cl)cc1C(=O)N=c1sc(C)cn1Cc1csc(C)n1. The van der Waals surface area contributed by atoms with E-state index >= 15 is 0 Å². The van der Waals surface area contributed by atoms with Crippen LogP contribution in [0.2, 0.25) is 5.02 Å². The number of aryl methyl sites for hydroxylation is 2. The molecule has 0 atom stereocenters. The van der Waals surface area contributed by atoms with Crippen LogP contribution in [0.1, 0.15) is 25.9 Å². The summed E-state index contributed by atoms with van der Waals surface area (Å²) in [5.41, 5.74) is 1.30. The Hall–Kier alpha value is -1.96. The monoisotopic (exact) mass is 393 g/mol. The molecule has 8 heteroatoms. The van der Waals surface area contributed by atoms with Gasteiger partial charge in [0.25, 0.3) is 5.91 Å². The molecule has 0 saturated heterocycles. The standard InChI is InChI=1S/C17H16ClN3O2S2/c1-10-7-21(8-13-9-24-11(2)19-13)17(25-10)20-16(22)14-6-12(18)4-5-15(14)23-3/h4-7,9H,8H2,1-3H3. The third-order valence-corrected chi connectivity index (χ3v) is 5.42. The molecule has 0 unspecified atom stereocenters. The van der Waals surface area contributed by atoms with E-state index in [4.69, 9.17) is 16.3 Å². The van der Waals surface area contributed by atoms with Crippen molar-refractivity contribution in [3.05, 3.63) is 60.7 Å². The summed E-state index contributed by atoms with van der Waals surface area (Å²) in [7, 11) is 1.51. The average Bonchev–Trinajstić information content (AvgIpc) is 3.13. The van der Waals surface area contributed by atoms with Gasteiger partial charge in [0.1, 0.15) is 5.75 Å². The van der Waals surface area contributed by atoms with E-state index in [2.05, 4.69) is 9.98 Å². The summed E-state index contributed by atoms with van der Waals surface area (Å²) in [6.45, 7) is 4.53. The van der Waals surface area contributed by atoms with E-state index in [1.165, 1.54) is 18.4 Å². The predicted molar refractivity (Wildman–Crippen MR) is 101 cm³/mol. The first-order valence-electron chi connectivity index (χ1n) is 7.46. The predicted octanol–water partition coefficient (Wildman–Crippen LogP) is 4.07. The summed E-state index contributed by atoms with van der Waals surface area (Å²) in [4.78, 5) is 23.1. The van der Waals surface area contributed by atoms with Crippen molar-refractivity contribution in [1.82, 2.24) is 9.55 Å². The second kappa shape index (κ2) is 7.51. The van der Waals surface area contributed by atoms with E-state index in [0.717, 1.165) is 15.6 Å². The normalized spacial score (nSPS) is 11.8. The van der Waals surface area contributed by atoms with Crippen LogP contribution in [0.3, 0.4) is 0 Å². The number of aromatic nitrogens is 2. The van der Waals surface area contributed by atoms with E-state index < -0.39 is 0 Å². The zero-order valence-electron chi connectivity index (χ0n) is 13.9. The summed E-state index contributed by atoms with van der Waals surface area (Å²) >= 11 is 9.07. The van der Waals surface area contributed by atoms with Gasteiger partial charge >= 0.3 is 0 Å². The van der Waals surface area contributed by atoms with Gasteiger partial charge in [0.05, 0.1) is 29.9 Å². The number of hydrogen-bond acceptors (Lipinski definition) is 5. The maximum absolute atomic E-state index is 12.6. The molecule has 0 aliphatic carbocycles. The lowest BCUT2D eigenvalue weighted by atomic mass is 10.2. The molecule has 1 amide bonds. The van der Waals surface area contributed by atoms with E-state index in [1.807, 2.05) is 30.0 Å². The van der Waals surface area contributed by atoms with Gasteiger partial charge in [0.15, 0.2) is 4.80 Å². The number of halogens is 1. The highest BCUT2D eigenvalue weighted by molar-refractivity contribution is 7.09. The molecule has 0 spiro atoms. The number of benzene rings is 1. The molecular formula is C17H16ClN3O2S2. The molecule has 0 N–H and O–H groups in total. The molecule has 0 aliphatic rings. The summed E-state index contributed by atoms with van der Waals surface area (Å²) in [5, 5.41) is 3.49. The van der Waals surface area contributed by atoms with Crippen LogP contribution in [0.25, 0.3) is 0 Å². The zero-order chi connectivity index (χ0) is 18.0. The van der Waals surface area contributed by atoms with Crippen LogP contribution in [0.5, 0.6) is 5.75 Å². The fraction of sp³-hybridized carbons (Fsp3) is 0.235. The lowest BCUT2D eigenvalue weighted by Crippen LogP contribution is -2.17. The molecule has 2 heterocycles. The highest BCUT2D eigenvalue weighted by atomic mass is 35.5. The fourth-order valence-electron chi connectivity index (χ4n) is 2.35. The third-order valence-electron chi connectivity index (χ3n) is 3.42. The Balaban J connectivity index is 1.98. The van der Waals surface area contributed by atoms with Crippen LogP contribution in [-0.2, 0) is 6.54 Å². The minimum Gasteiger partial charge on any atom is -0.496 e. The number of thiazole rings is 2. The summed E-state index contributed by atoms with van der Waals surface area (Å²) < 4.78 is 7.18. The van der Waals surface area contributed by atoms with Crippen LogP contribution in [0, 0.1) is 13.8 Å². The molecule has 0 bridgehead atoms. The van der Waals surface area contributed by atoms with Crippen LogP contribution < -0.4 is 9.54 Å². The number of ether oxygens (including phenoxy) is 1. The van der Waals surface area contributed by atoms with Gasteiger partial charge in [-0.2, -0.15) is 4.99 Å². The molecular weight excluding hydrogens is 378 g/mol. The Morgan fingerprint density at radius 1 is 1.40 bits per heavy atom. The topological polar surface area (TPSA) is 56.5 Å². The average molecular weight is 394 g/mol. The number of carbonyl (C=O) groups is 1. The lowest BCUT2D eigenvalue weighted by molar-refractivity contribution is 0.0995. The minimum atomic E-state index is -0.385. The van der Waals surface area contributed by atoms with Gasteiger partial charge in [-0.1, -0.05) is 11.6 Å².